The summed E-state index contributed by atoms with van der Waals surface area (Å²) < 4.78 is 25.1. The average molecular weight is 271 g/mol. The Morgan fingerprint density at radius 3 is 2.78 bits per heavy atom. The van der Waals surface area contributed by atoms with Gasteiger partial charge in [-0.2, -0.15) is 0 Å². The summed E-state index contributed by atoms with van der Waals surface area (Å²) in [6.07, 6.45) is 4.25. The van der Waals surface area contributed by atoms with E-state index in [0.29, 0.717) is 18.9 Å². The van der Waals surface area contributed by atoms with Gasteiger partial charge >= 0.3 is 0 Å². The number of nitrogens with zero attached hydrogens (tertiary/aromatic N) is 2. The molecular weight excluding hydrogens is 250 g/mol. The van der Waals surface area contributed by atoms with Gasteiger partial charge < -0.3 is 10.3 Å². The number of sulfone groups is 1. The molecule has 0 spiro atoms. The van der Waals surface area contributed by atoms with E-state index in [2.05, 4.69) is 18.8 Å². The standard InChI is InChI=1S/C12H21N3O2S/c1-9(2)11(5-13)12-6-14-8-15(12)10-3-4-18(16,17)7-10/h6,8-11H,3-5,7,13H2,1-2H3. The highest BCUT2D eigenvalue weighted by molar-refractivity contribution is 7.91. The molecule has 18 heavy (non-hydrogen) atoms. The Hall–Kier alpha value is -0.880. The lowest BCUT2D eigenvalue weighted by Crippen LogP contribution is -2.23. The van der Waals surface area contributed by atoms with Crippen LogP contribution in [0.2, 0.25) is 0 Å². The third-order valence-corrected chi connectivity index (χ3v) is 5.49. The van der Waals surface area contributed by atoms with Crippen molar-refractivity contribution >= 4 is 9.84 Å². The van der Waals surface area contributed by atoms with Crippen LogP contribution in [0.5, 0.6) is 0 Å². The lowest BCUT2D eigenvalue weighted by Gasteiger charge is -2.23. The SMILES string of the molecule is CC(C)C(CN)c1cncn1C1CCS(=O)(=O)C1. The van der Waals surface area contributed by atoms with E-state index in [-0.39, 0.29) is 23.5 Å². The van der Waals surface area contributed by atoms with Crippen molar-refractivity contribution < 1.29 is 8.42 Å². The zero-order valence-corrected chi connectivity index (χ0v) is 11.7. The molecule has 0 radical (unpaired) electrons. The molecule has 1 aromatic rings. The van der Waals surface area contributed by atoms with Crippen molar-refractivity contribution in [2.45, 2.75) is 32.2 Å². The van der Waals surface area contributed by atoms with E-state index >= 15 is 0 Å². The van der Waals surface area contributed by atoms with Crippen LogP contribution in [0.1, 0.15) is 37.9 Å². The Kier molecular flexibility index (Phi) is 3.77. The van der Waals surface area contributed by atoms with Crippen LogP contribution in [0.15, 0.2) is 12.5 Å². The van der Waals surface area contributed by atoms with Crippen molar-refractivity contribution in [3.05, 3.63) is 18.2 Å². The molecular formula is C12H21N3O2S. The number of aromatic nitrogens is 2. The first-order valence-corrected chi connectivity index (χ1v) is 8.19. The van der Waals surface area contributed by atoms with E-state index in [1.54, 1.807) is 6.33 Å². The third-order valence-electron chi connectivity index (χ3n) is 3.74. The fraction of sp³-hybridized carbons (Fsp3) is 0.750. The molecule has 1 aliphatic rings. The summed E-state index contributed by atoms with van der Waals surface area (Å²) in [5.74, 6) is 1.16. The van der Waals surface area contributed by atoms with Gasteiger partial charge in [0.15, 0.2) is 9.84 Å². The van der Waals surface area contributed by atoms with E-state index < -0.39 is 9.84 Å². The summed E-state index contributed by atoms with van der Waals surface area (Å²) >= 11 is 0. The fourth-order valence-corrected chi connectivity index (χ4v) is 4.35. The monoisotopic (exact) mass is 271 g/mol. The quantitative estimate of drug-likeness (QED) is 0.884. The highest BCUT2D eigenvalue weighted by Crippen LogP contribution is 2.30. The summed E-state index contributed by atoms with van der Waals surface area (Å²) in [7, 11) is -2.87. The van der Waals surface area contributed by atoms with Crippen LogP contribution in [-0.2, 0) is 9.84 Å². The molecule has 2 rings (SSSR count). The maximum atomic E-state index is 11.6. The molecule has 6 heteroatoms. The van der Waals surface area contributed by atoms with Gasteiger partial charge in [-0.1, -0.05) is 13.8 Å². The van der Waals surface area contributed by atoms with Crippen LogP contribution in [0.3, 0.4) is 0 Å². The topological polar surface area (TPSA) is 78.0 Å². The van der Waals surface area contributed by atoms with Crippen molar-refractivity contribution in [1.82, 2.24) is 9.55 Å². The predicted octanol–water partition coefficient (Wildman–Crippen LogP) is 0.941. The van der Waals surface area contributed by atoms with Gasteiger partial charge in [0.2, 0.25) is 0 Å². The largest absolute Gasteiger partial charge is 0.330 e. The van der Waals surface area contributed by atoms with Gasteiger partial charge in [-0.3, -0.25) is 0 Å². The van der Waals surface area contributed by atoms with Crippen molar-refractivity contribution in [3.8, 4) is 0 Å². The van der Waals surface area contributed by atoms with E-state index in [1.165, 1.54) is 0 Å². The molecule has 1 fully saturated rings. The lowest BCUT2D eigenvalue weighted by molar-refractivity contribution is 0.447. The molecule has 2 N–H and O–H groups in total. The van der Waals surface area contributed by atoms with Gasteiger partial charge in [0, 0.05) is 30.4 Å². The minimum atomic E-state index is -2.87. The van der Waals surface area contributed by atoms with Crippen LogP contribution in [0, 0.1) is 5.92 Å². The van der Waals surface area contributed by atoms with Gasteiger partial charge in [0.25, 0.3) is 0 Å². The van der Waals surface area contributed by atoms with Gasteiger partial charge in [-0.25, -0.2) is 13.4 Å². The van der Waals surface area contributed by atoms with Gasteiger partial charge in [0.1, 0.15) is 0 Å². The van der Waals surface area contributed by atoms with Crippen molar-refractivity contribution in [3.63, 3.8) is 0 Å². The van der Waals surface area contributed by atoms with Crippen LogP contribution in [-0.4, -0.2) is 36.0 Å². The summed E-state index contributed by atoms with van der Waals surface area (Å²) in [6.45, 7) is 4.81. The Labute approximate surface area is 108 Å². The Balaban J connectivity index is 2.28. The zero-order valence-electron chi connectivity index (χ0n) is 10.9. The Morgan fingerprint density at radius 2 is 2.28 bits per heavy atom. The predicted molar refractivity (Wildman–Crippen MR) is 71.2 cm³/mol. The maximum absolute atomic E-state index is 11.6. The second kappa shape index (κ2) is 5.01. The molecule has 1 aromatic heterocycles. The average Bonchev–Trinajstić information content (AvgIpc) is 2.85. The minimum absolute atomic E-state index is 0.0281. The van der Waals surface area contributed by atoms with Gasteiger partial charge in [-0.15, -0.1) is 0 Å². The lowest BCUT2D eigenvalue weighted by atomic mass is 9.92. The summed E-state index contributed by atoms with van der Waals surface area (Å²) in [6, 6.07) is 0.0281. The summed E-state index contributed by atoms with van der Waals surface area (Å²) in [5.41, 5.74) is 6.89. The number of hydrogen-bond donors (Lipinski definition) is 1. The van der Waals surface area contributed by atoms with E-state index in [9.17, 15) is 8.42 Å². The van der Waals surface area contributed by atoms with Crippen LogP contribution in [0.4, 0.5) is 0 Å². The van der Waals surface area contributed by atoms with E-state index in [1.807, 2.05) is 10.8 Å². The molecule has 2 heterocycles. The molecule has 2 atom stereocenters. The molecule has 0 aliphatic carbocycles. The smallest absolute Gasteiger partial charge is 0.152 e. The Bertz CT molecular complexity index is 507. The van der Waals surface area contributed by atoms with Crippen LogP contribution >= 0.6 is 0 Å². The molecule has 2 unspecified atom stereocenters. The fourth-order valence-electron chi connectivity index (χ4n) is 2.64. The van der Waals surface area contributed by atoms with E-state index in [0.717, 1.165) is 5.69 Å². The number of hydrogen-bond acceptors (Lipinski definition) is 4. The Morgan fingerprint density at radius 1 is 1.56 bits per heavy atom. The van der Waals surface area contributed by atoms with Gasteiger partial charge in [-0.05, 0) is 12.3 Å². The number of rotatable bonds is 4. The van der Waals surface area contributed by atoms with Crippen molar-refractivity contribution in [2.75, 3.05) is 18.1 Å². The molecule has 0 aromatic carbocycles. The second-order valence-electron chi connectivity index (χ2n) is 5.37. The molecule has 1 saturated heterocycles. The normalized spacial score (nSPS) is 24.6. The van der Waals surface area contributed by atoms with E-state index in [4.69, 9.17) is 5.73 Å². The molecule has 5 nitrogen and oxygen atoms in total. The second-order valence-corrected chi connectivity index (χ2v) is 7.60. The van der Waals surface area contributed by atoms with Crippen LogP contribution in [0.25, 0.3) is 0 Å². The number of imidazole rings is 1. The maximum Gasteiger partial charge on any atom is 0.152 e. The first-order valence-electron chi connectivity index (χ1n) is 6.37. The first-order chi connectivity index (χ1) is 8.44. The third kappa shape index (κ3) is 2.59. The first kappa shape index (κ1) is 13.5. The van der Waals surface area contributed by atoms with Gasteiger partial charge in [0.05, 0.1) is 17.8 Å². The highest BCUT2D eigenvalue weighted by atomic mass is 32.2. The molecule has 0 bridgehead atoms. The molecule has 102 valence electrons. The summed E-state index contributed by atoms with van der Waals surface area (Å²) in [4.78, 5) is 4.18. The highest BCUT2D eigenvalue weighted by Gasteiger charge is 2.31. The number of nitrogens with two attached hydrogens (primary N) is 1. The summed E-state index contributed by atoms with van der Waals surface area (Å²) in [5, 5.41) is 0. The van der Waals surface area contributed by atoms with Crippen LogP contribution < -0.4 is 5.73 Å². The molecule has 0 amide bonds. The van der Waals surface area contributed by atoms with Crippen molar-refractivity contribution in [2.24, 2.45) is 11.7 Å². The molecule has 1 aliphatic heterocycles. The zero-order chi connectivity index (χ0) is 13.3. The van der Waals surface area contributed by atoms with Crippen molar-refractivity contribution in [1.29, 1.82) is 0 Å². The minimum Gasteiger partial charge on any atom is -0.330 e. The molecule has 0 saturated carbocycles.